The topological polar surface area (TPSA) is 19.7 Å². The van der Waals surface area contributed by atoms with E-state index in [1.807, 2.05) is 0 Å². The quantitative estimate of drug-likeness (QED) is 0.746. The number of rotatable bonds is 2. The lowest BCUT2D eigenvalue weighted by Crippen LogP contribution is -2.37. The molecule has 2 rings (SSSR count). The van der Waals surface area contributed by atoms with Crippen LogP contribution in [0.5, 0.6) is 0 Å². The number of aryl methyl sites for hydroxylation is 1. The molecule has 1 N–H and O–H groups in total. The van der Waals surface area contributed by atoms with Crippen LogP contribution in [-0.4, -0.2) is 4.98 Å². The van der Waals surface area contributed by atoms with E-state index in [2.05, 4.69) is 61.5 Å². The molecule has 1 aromatic heterocycles. The predicted molar refractivity (Wildman–Crippen MR) is 67.3 cm³/mol. The highest BCUT2D eigenvalue weighted by Crippen LogP contribution is 2.19. The van der Waals surface area contributed by atoms with E-state index in [-0.39, 0.29) is 0 Å². The van der Waals surface area contributed by atoms with Crippen molar-refractivity contribution >= 4 is 11.0 Å². The molecule has 1 heterocycles. The molecule has 0 atom stereocenters. The van der Waals surface area contributed by atoms with Crippen molar-refractivity contribution in [2.45, 2.75) is 40.7 Å². The zero-order valence-corrected chi connectivity index (χ0v) is 10.7. The molecular weight excluding hydrogens is 196 g/mol. The summed E-state index contributed by atoms with van der Waals surface area (Å²) in [6.45, 7) is 10.1. The zero-order chi connectivity index (χ0) is 11.8. The summed E-state index contributed by atoms with van der Waals surface area (Å²) in [6, 6.07) is 8.51. The fourth-order valence-corrected chi connectivity index (χ4v) is 2.19. The Kier molecular flexibility index (Phi) is 2.75. The fraction of sp³-hybridized carbons (Fsp3) is 0.500. The first-order chi connectivity index (χ1) is 7.51. The van der Waals surface area contributed by atoms with Crippen molar-refractivity contribution in [3.05, 3.63) is 30.1 Å². The average molecular weight is 217 g/mol. The van der Waals surface area contributed by atoms with Gasteiger partial charge in [-0.3, -0.25) is 0 Å². The Balaban J connectivity index is 2.52. The molecule has 0 unspecified atom stereocenters. The van der Waals surface area contributed by atoms with Crippen molar-refractivity contribution in [3.63, 3.8) is 0 Å². The molecule has 0 saturated heterocycles. The standard InChI is InChI=1S/C14H20N2/c1-5-16-12-9-7-6-8-11(12)15-13(16)10-14(2,3)4/h6-9H,5,10H2,1-4H3/p+1. The summed E-state index contributed by atoms with van der Waals surface area (Å²) in [4.78, 5) is 3.53. The molecule has 2 nitrogen and oxygen atoms in total. The fourth-order valence-electron chi connectivity index (χ4n) is 2.19. The van der Waals surface area contributed by atoms with Gasteiger partial charge in [-0.05, 0) is 24.5 Å². The highest BCUT2D eigenvalue weighted by molar-refractivity contribution is 5.71. The lowest BCUT2D eigenvalue weighted by atomic mass is 9.92. The molecule has 0 aliphatic rings. The minimum atomic E-state index is 0.317. The van der Waals surface area contributed by atoms with Gasteiger partial charge in [0.1, 0.15) is 0 Å². The summed E-state index contributed by atoms with van der Waals surface area (Å²) in [7, 11) is 0. The number of para-hydroxylation sites is 2. The van der Waals surface area contributed by atoms with Gasteiger partial charge in [0.25, 0.3) is 5.82 Å². The maximum atomic E-state index is 3.53. The predicted octanol–water partition coefficient (Wildman–Crippen LogP) is 3.06. The normalized spacial score (nSPS) is 12.2. The van der Waals surface area contributed by atoms with Gasteiger partial charge in [0.05, 0.1) is 13.0 Å². The van der Waals surface area contributed by atoms with Crippen LogP contribution in [-0.2, 0) is 13.0 Å². The third-order valence-electron chi connectivity index (χ3n) is 2.81. The zero-order valence-electron chi connectivity index (χ0n) is 10.7. The van der Waals surface area contributed by atoms with Crippen molar-refractivity contribution in [1.82, 2.24) is 4.98 Å². The number of imidazole rings is 1. The number of H-pyrrole nitrogens is 1. The van der Waals surface area contributed by atoms with Crippen molar-refractivity contribution in [2.75, 3.05) is 0 Å². The summed E-state index contributed by atoms with van der Waals surface area (Å²) in [5.41, 5.74) is 2.87. The Morgan fingerprint density at radius 3 is 2.50 bits per heavy atom. The summed E-state index contributed by atoms with van der Waals surface area (Å²) in [6.07, 6.45) is 1.08. The second-order valence-electron chi connectivity index (χ2n) is 5.57. The first-order valence-corrected chi connectivity index (χ1v) is 6.01. The lowest BCUT2D eigenvalue weighted by molar-refractivity contribution is -0.675. The Bertz CT molecular complexity index is 489. The van der Waals surface area contributed by atoms with E-state index in [1.54, 1.807) is 0 Å². The second kappa shape index (κ2) is 3.93. The molecule has 0 amide bonds. The third-order valence-corrected chi connectivity index (χ3v) is 2.81. The van der Waals surface area contributed by atoms with Crippen LogP contribution in [0.2, 0.25) is 0 Å². The number of hydrogen-bond acceptors (Lipinski definition) is 0. The van der Waals surface area contributed by atoms with Gasteiger partial charge in [0.2, 0.25) is 0 Å². The molecule has 0 aliphatic carbocycles. The summed E-state index contributed by atoms with van der Waals surface area (Å²) in [5, 5.41) is 0. The third kappa shape index (κ3) is 2.11. The highest BCUT2D eigenvalue weighted by atomic mass is 15.1. The summed E-state index contributed by atoms with van der Waals surface area (Å²) >= 11 is 0. The SMILES string of the molecule is CC[n+]1c(CC(C)(C)C)[nH]c2ccccc21. The Morgan fingerprint density at radius 2 is 1.88 bits per heavy atom. The smallest absolute Gasteiger partial charge is 0.241 e. The van der Waals surface area contributed by atoms with Crippen LogP contribution in [0.3, 0.4) is 0 Å². The van der Waals surface area contributed by atoms with Gasteiger partial charge in [-0.1, -0.05) is 32.9 Å². The number of nitrogens with one attached hydrogen (secondary N) is 1. The molecule has 86 valence electrons. The van der Waals surface area contributed by atoms with Crippen molar-refractivity contribution in [2.24, 2.45) is 5.41 Å². The average Bonchev–Trinajstić information content (AvgIpc) is 2.51. The molecule has 0 fully saturated rings. The van der Waals surface area contributed by atoms with Crippen LogP contribution in [0, 0.1) is 5.41 Å². The van der Waals surface area contributed by atoms with Crippen LogP contribution in [0.1, 0.15) is 33.5 Å². The first kappa shape index (κ1) is 11.2. The number of nitrogens with zero attached hydrogens (tertiary/aromatic N) is 1. The van der Waals surface area contributed by atoms with Gasteiger partial charge in [-0.15, -0.1) is 0 Å². The molecule has 0 radical (unpaired) electrons. The molecular formula is C14H21N2+. The number of hydrogen-bond donors (Lipinski definition) is 1. The largest absolute Gasteiger partial charge is 0.255 e. The molecule has 0 spiro atoms. The first-order valence-electron chi connectivity index (χ1n) is 6.01. The molecule has 2 aromatic rings. The molecule has 0 saturated carbocycles. The van der Waals surface area contributed by atoms with Crippen molar-refractivity contribution < 1.29 is 4.57 Å². The van der Waals surface area contributed by atoms with E-state index in [0.29, 0.717) is 5.41 Å². The van der Waals surface area contributed by atoms with Gasteiger partial charge in [0.15, 0.2) is 11.0 Å². The van der Waals surface area contributed by atoms with Crippen LogP contribution >= 0.6 is 0 Å². The Morgan fingerprint density at radius 1 is 1.19 bits per heavy atom. The van der Waals surface area contributed by atoms with E-state index >= 15 is 0 Å². The molecule has 0 bridgehead atoms. The van der Waals surface area contributed by atoms with Gasteiger partial charge >= 0.3 is 0 Å². The molecule has 0 aliphatic heterocycles. The molecule has 1 aromatic carbocycles. The van der Waals surface area contributed by atoms with E-state index in [4.69, 9.17) is 0 Å². The van der Waals surface area contributed by atoms with E-state index in [1.165, 1.54) is 16.9 Å². The minimum absolute atomic E-state index is 0.317. The van der Waals surface area contributed by atoms with Gasteiger partial charge in [0, 0.05) is 0 Å². The van der Waals surface area contributed by atoms with E-state index in [0.717, 1.165) is 13.0 Å². The van der Waals surface area contributed by atoms with Crippen LogP contribution in [0.15, 0.2) is 24.3 Å². The Hall–Kier alpha value is -1.31. The minimum Gasteiger partial charge on any atom is -0.241 e. The van der Waals surface area contributed by atoms with Gasteiger partial charge in [-0.2, -0.15) is 0 Å². The van der Waals surface area contributed by atoms with Crippen LogP contribution in [0.25, 0.3) is 11.0 Å². The van der Waals surface area contributed by atoms with E-state index < -0.39 is 0 Å². The number of fused-ring (bicyclic) bond motifs is 1. The number of benzene rings is 1. The van der Waals surface area contributed by atoms with Gasteiger partial charge in [-0.25, -0.2) is 9.55 Å². The van der Waals surface area contributed by atoms with Gasteiger partial charge < -0.3 is 0 Å². The maximum Gasteiger partial charge on any atom is 0.255 e. The molecule has 2 heteroatoms. The monoisotopic (exact) mass is 217 g/mol. The summed E-state index contributed by atoms with van der Waals surface area (Å²) < 4.78 is 2.38. The van der Waals surface area contributed by atoms with Crippen molar-refractivity contribution in [1.29, 1.82) is 0 Å². The second-order valence-corrected chi connectivity index (χ2v) is 5.57. The molecule has 16 heavy (non-hydrogen) atoms. The van der Waals surface area contributed by atoms with E-state index in [9.17, 15) is 0 Å². The summed E-state index contributed by atoms with van der Waals surface area (Å²) in [5.74, 6) is 1.33. The highest BCUT2D eigenvalue weighted by Gasteiger charge is 2.22. The lowest BCUT2D eigenvalue weighted by Gasteiger charge is -2.14. The van der Waals surface area contributed by atoms with Crippen LogP contribution < -0.4 is 4.57 Å². The maximum absolute atomic E-state index is 3.53. The number of aromatic amines is 1. The number of aromatic nitrogens is 2. The van der Waals surface area contributed by atoms with Crippen LogP contribution in [0.4, 0.5) is 0 Å². The Labute approximate surface area is 97.3 Å². The van der Waals surface area contributed by atoms with Crippen molar-refractivity contribution in [3.8, 4) is 0 Å².